The summed E-state index contributed by atoms with van der Waals surface area (Å²) in [6.07, 6.45) is 2.48. The maximum absolute atomic E-state index is 11.4. The second-order valence-electron chi connectivity index (χ2n) is 4.64. The van der Waals surface area contributed by atoms with Gasteiger partial charge in [-0.3, -0.25) is 4.68 Å². The Hall–Kier alpha value is -0.950. The van der Waals surface area contributed by atoms with Gasteiger partial charge in [-0.25, -0.2) is 8.42 Å². The lowest BCUT2D eigenvalue weighted by molar-refractivity contribution is 0.393. The average Bonchev–Trinajstić information content (AvgIpc) is 2.69. The van der Waals surface area contributed by atoms with E-state index in [2.05, 4.69) is 15.6 Å². The molecule has 2 heterocycles. The van der Waals surface area contributed by atoms with Gasteiger partial charge >= 0.3 is 0 Å². The Balaban J connectivity index is 1.96. The zero-order chi connectivity index (χ0) is 11.8. The van der Waals surface area contributed by atoms with Crippen LogP contribution in [0.5, 0.6) is 0 Å². The molecule has 16 heavy (non-hydrogen) atoms. The van der Waals surface area contributed by atoms with Crippen LogP contribution in [0.15, 0.2) is 6.20 Å². The van der Waals surface area contributed by atoms with E-state index in [-0.39, 0.29) is 17.0 Å². The van der Waals surface area contributed by atoms with Crippen molar-refractivity contribution >= 4 is 9.84 Å². The molecule has 7 heteroatoms. The zero-order valence-corrected chi connectivity index (χ0v) is 10.3. The summed E-state index contributed by atoms with van der Waals surface area (Å²) >= 11 is 0. The SMILES string of the molecule is Cn1cc(CNC2(C)CCS(=O)(=O)C2)nn1. The molecule has 0 aliphatic carbocycles. The minimum absolute atomic E-state index is 0.209. The first-order chi connectivity index (χ1) is 7.39. The summed E-state index contributed by atoms with van der Waals surface area (Å²) in [4.78, 5) is 0. The molecular formula is C9H16N4O2S. The predicted octanol–water partition coefficient (Wildman–Crippen LogP) is -0.518. The zero-order valence-electron chi connectivity index (χ0n) is 9.47. The van der Waals surface area contributed by atoms with Crippen molar-refractivity contribution in [1.29, 1.82) is 0 Å². The Morgan fingerprint density at radius 3 is 2.88 bits per heavy atom. The van der Waals surface area contributed by atoms with E-state index in [9.17, 15) is 8.42 Å². The molecule has 0 bridgehead atoms. The first kappa shape index (κ1) is 11.5. The third-order valence-electron chi connectivity index (χ3n) is 2.85. The van der Waals surface area contributed by atoms with Gasteiger partial charge in [0.05, 0.1) is 17.2 Å². The van der Waals surface area contributed by atoms with Gasteiger partial charge in [0.1, 0.15) is 0 Å². The van der Waals surface area contributed by atoms with Gasteiger partial charge in [-0.2, -0.15) is 0 Å². The number of rotatable bonds is 3. The summed E-state index contributed by atoms with van der Waals surface area (Å²) < 4.78 is 24.4. The van der Waals surface area contributed by atoms with Gasteiger partial charge in [-0.15, -0.1) is 5.10 Å². The van der Waals surface area contributed by atoms with Gasteiger partial charge < -0.3 is 5.32 Å². The number of nitrogens with zero attached hydrogens (tertiary/aromatic N) is 3. The molecule has 1 fully saturated rings. The van der Waals surface area contributed by atoms with E-state index in [1.165, 1.54) is 0 Å². The second-order valence-corrected chi connectivity index (χ2v) is 6.82. The number of aryl methyl sites for hydroxylation is 1. The standard InChI is InChI=1S/C9H16N4O2S/c1-9(3-4-16(14,15)7-9)10-5-8-6-13(2)12-11-8/h6,10H,3-5,7H2,1-2H3. The van der Waals surface area contributed by atoms with Gasteiger partial charge in [-0.05, 0) is 13.3 Å². The number of hydrogen-bond acceptors (Lipinski definition) is 5. The predicted molar refractivity (Wildman–Crippen MR) is 59.5 cm³/mol. The molecule has 6 nitrogen and oxygen atoms in total. The van der Waals surface area contributed by atoms with Crippen molar-refractivity contribution in [3.63, 3.8) is 0 Å². The largest absolute Gasteiger partial charge is 0.305 e. The van der Waals surface area contributed by atoms with Crippen LogP contribution < -0.4 is 5.32 Å². The summed E-state index contributed by atoms with van der Waals surface area (Å²) in [6, 6.07) is 0. The fourth-order valence-electron chi connectivity index (χ4n) is 1.93. The summed E-state index contributed by atoms with van der Waals surface area (Å²) in [5.41, 5.74) is 0.504. The average molecular weight is 244 g/mol. The normalized spacial score (nSPS) is 28.4. The number of nitrogens with one attached hydrogen (secondary N) is 1. The highest BCUT2D eigenvalue weighted by Crippen LogP contribution is 2.22. The molecule has 0 aromatic carbocycles. The van der Waals surface area contributed by atoms with Gasteiger partial charge in [-0.1, -0.05) is 5.21 Å². The van der Waals surface area contributed by atoms with Crippen molar-refractivity contribution in [2.45, 2.75) is 25.4 Å². The fourth-order valence-corrected chi connectivity index (χ4v) is 4.05. The van der Waals surface area contributed by atoms with Crippen molar-refractivity contribution in [3.8, 4) is 0 Å². The van der Waals surface area contributed by atoms with Gasteiger partial charge in [0.25, 0.3) is 0 Å². The first-order valence-electron chi connectivity index (χ1n) is 5.19. The lowest BCUT2D eigenvalue weighted by Crippen LogP contribution is -2.42. The number of sulfone groups is 1. The number of hydrogen-bond donors (Lipinski definition) is 1. The second kappa shape index (κ2) is 3.81. The summed E-state index contributed by atoms with van der Waals surface area (Å²) in [6.45, 7) is 2.49. The maximum atomic E-state index is 11.4. The molecular weight excluding hydrogens is 228 g/mol. The molecule has 1 aromatic rings. The third kappa shape index (κ3) is 2.59. The first-order valence-corrected chi connectivity index (χ1v) is 7.01. The quantitative estimate of drug-likeness (QED) is 0.774. The van der Waals surface area contributed by atoms with Crippen molar-refractivity contribution in [2.24, 2.45) is 7.05 Å². The molecule has 0 spiro atoms. The van der Waals surface area contributed by atoms with Gasteiger partial charge in [0.15, 0.2) is 9.84 Å². The van der Waals surface area contributed by atoms with E-state index in [1.807, 2.05) is 13.1 Å². The molecule has 0 saturated carbocycles. The molecule has 90 valence electrons. The molecule has 1 atom stereocenters. The highest BCUT2D eigenvalue weighted by Gasteiger charge is 2.37. The van der Waals surface area contributed by atoms with Crippen LogP contribution in [0, 0.1) is 0 Å². The monoisotopic (exact) mass is 244 g/mol. The topological polar surface area (TPSA) is 76.9 Å². The van der Waals surface area contributed by atoms with Gasteiger partial charge in [0, 0.05) is 25.3 Å². The molecule has 0 amide bonds. The Kier molecular flexibility index (Phi) is 2.75. The Morgan fingerprint density at radius 1 is 1.62 bits per heavy atom. The smallest absolute Gasteiger partial charge is 0.152 e. The lowest BCUT2D eigenvalue weighted by atomic mass is 10.0. The minimum atomic E-state index is -2.86. The minimum Gasteiger partial charge on any atom is -0.305 e. The van der Waals surface area contributed by atoms with Crippen LogP contribution in [0.1, 0.15) is 19.0 Å². The van der Waals surface area contributed by atoms with E-state index in [0.29, 0.717) is 13.0 Å². The molecule has 1 N–H and O–H groups in total. The third-order valence-corrected chi connectivity index (χ3v) is 4.75. The molecule has 2 rings (SSSR count). The fraction of sp³-hybridized carbons (Fsp3) is 0.778. The van der Waals surface area contributed by atoms with E-state index >= 15 is 0 Å². The molecule has 1 aliphatic rings. The maximum Gasteiger partial charge on any atom is 0.152 e. The highest BCUT2D eigenvalue weighted by atomic mass is 32.2. The van der Waals surface area contributed by atoms with Crippen LogP contribution in [-0.4, -0.2) is 40.5 Å². The van der Waals surface area contributed by atoms with E-state index in [4.69, 9.17) is 0 Å². The van der Waals surface area contributed by atoms with E-state index < -0.39 is 9.84 Å². The Bertz CT molecular complexity index is 481. The van der Waals surface area contributed by atoms with Crippen LogP contribution in [-0.2, 0) is 23.4 Å². The van der Waals surface area contributed by atoms with Crippen LogP contribution >= 0.6 is 0 Å². The summed E-state index contributed by atoms with van der Waals surface area (Å²) in [5, 5.41) is 11.0. The van der Waals surface area contributed by atoms with Crippen molar-refractivity contribution in [1.82, 2.24) is 20.3 Å². The van der Waals surface area contributed by atoms with Crippen molar-refractivity contribution in [3.05, 3.63) is 11.9 Å². The van der Waals surface area contributed by atoms with Crippen molar-refractivity contribution < 1.29 is 8.42 Å². The molecule has 0 radical (unpaired) electrons. The molecule has 1 saturated heterocycles. The van der Waals surface area contributed by atoms with E-state index in [0.717, 1.165) is 5.69 Å². The molecule has 1 aromatic heterocycles. The van der Waals surface area contributed by atoms with Crippen LogP contribution in [0.3, 0.4) is 0 Å². The van der Waals surface area contributed by atoms with E-state index in [1.54, 1.807) is 11.7 Å². The van der Waals surface area contributed by atoms with Crippen LogP contribution in [0.25, 0.3) is 0 Å². The van der Waals surface area contributed by atoms with Crippen LogP contribution in [0.2, 0.25) is 0 Å². The Morgan fingerprint density at radius 2 is 2.38 bits per heavy atom. The lowest BCUT2D eigenvalue weighted by Gasteiger charge is -2.23. The highest BCUT2D eigenvalue weighted by molar-refractivity contribution is 7.91. The van der Waals surface area contributed by atoms with Crippen LogP contribution in [0.4, 0.5) is 0 Å². The van der Waals surface area contributed by atoms with Crippen molar-refractivity contribution in [2.75, 3.05) is 11.5 Å². The Labute approximate surface area is 95.0 Å². The molecule has 1 unspecified atom stereocenters. The molecule has 1 aliphatic heterocycles. The number of aromatic nitrogens is 3. The summed E-state index contributed by atoms with van der Waals surface area (Å²) in [5.74, 6) is 0.483. The van der Waals surface area contributed by atoms with Gasteiger partial charge in [0.2, 0.25) is 0 Å². The summed E-state index contributed by atoms with van der Waals surface area (Å²) in [7, 11) is -1.05.